The maximum atomic E-state index is 13.9. The summed E-state index contributed by atoms with van der Waals surface area (Å²) in [5, 5.41) is 16.0. The number of nitrogens with one attached hydrogen (secondary N) is 2. The zero-order valence-electron chi connectivity index (χ0n) is 23.7. The number of alkyl carbamates (subject to hydrolysis) is 1. The standard InChI is InChI=1S/C29H47N3O5/c1-19(2)16-17-20(3)32(27(35)21(4)30-28(36)37-29(5,6)7)25(22-12-11-15-24(33)18-22)26(34)31-23-13-9-8-10-14-23/h11-12,15,18-21,23,25,33H,8-10,13-14,16-17H2,1-7H3,(H,30,36)(H,31,34). The zero-order valence-corrected chi connectivity index (χ0v) is 23.7. The maximum Gasteiger partial charge on any atom is 0.408 e. The van der Waals surface area contributed by atoms with E-state index in [0.717, 1.165) is 38.5 Å². The highest BCUT2D eigenvalue weighted by Gasteiger charge is 2.38. The van der Waals surface area contributed by atoms with E-state index in [2.05, 4.69) is 24.5 Å². The Kier molecular flexibility index (Phi) is 11.3. The van der Waals surface area contributed by atoms with Crippen LogP contribution < -0.4 is 10.6 Å². The highest BCUT2D eigenvalue weighted by molar-refractivity contribution is 5.92. The molecule has 3 unspecified atom stereocenters. The van der Waals surface area contributed by atoms with Crippen LogP contribution in [0.25, 0.3) is 0 Å². The first-order chi connectivity index (χ1) is 17.3. The van der Waals surface area contributed by atoms with E-state index in [1.54, 1.807) is 50.8 Å². The minimum atomic E-state index is -0.952. The molecule has 1 aliphatic carbocycles. The number of carbonyl (C=O) groups excluding carboxylic acids is 3. The van der Waals surface area contributed by atoms with E-state index in [4.69, 9.17) is 4.74 Å². The second-order valence-corrected chi connectivity index (χ2v) is 11.8. The van der Waals surface area contributed by atoms with Crippen LogP contribution >= 0.6 is 0 Å². The number of rotatable bonds is 10. The molecule has 0 aromatic heterocycles. The van der Waals surface area contributed by atoms with Crippen LogP contribution in [-0.4, -0.2) is 51.6 Å². The molecule has 1 fully saturated rings. The van der Waals surface area contributed by atoms with Gasteiger partial charge in [0.2, 0.25) is 11.8 Å². The van der Waals surface area contributed by atoms with Gasteiger partial charge in [-0.3, -0.25) is 9.59 Å². The Bertz CT molecular complexity index is 905. The predicted octanol–water partition coefficient (Wildman–Crippen LogP) is 5.45. The van der Waals surface area contributed by atoms with Gasteiger partial charge in [-0.2, -0.15) is 0 Å². The van der Waals surface area contributed by atoms with E-state index in [1.165, 1.54) is 6.07 Å². The predicted molar refractivity (Wildman–Crippen MR) is 145 cm³/mol. The summed E-state index contributed by atoms with van der Waals surface area (Å²) in [6.07, 6.45) is 5.97. The van der Waals surface area contributed by atoms with Crippen molar-refractivity contribution in [2.45, 2.75) is 123 Å². The van der Waals surface area contributed by atoms with Crippen molar-refractivity contribution in [2.75, 3.05) is 0 Å². The number of benzene rings is 1. The SMILES string of the molecule is CC(C)CCC(C)N(C(=O)C(C)NC(=O)OC(C)(C)C)C(C(=O)NC1CCCCC1)c1cccc(O)c1. The molecule has 0 spiro atoms. The summed E-state index contributed by atoms with van der Waals surface area (Å²) in [5.41, 5.74) is -0.177. The molecule has 8 heteroatoms. The van der Waals surface area contributed by atoms with Crippen LogP contribution in [0.15, 0.2) is 24.3 Å². The Morgan fingerprint density at radius 3 is 2.27 bits per heavy atom. The molecular weight excluding hydrogens is 470 g/mol. The molecule has 0 aliphatic heterocycles. The van der Waals surface area contributed by atoms with Crippen molar-refractivity contribution in [3.63, 3.8) is 0 Å². The van der Waals surface area contributed by atoms with E-state index >= 15 is 0 Å². The van der Waals surface area contributed by atoms with Gasteiger partial charge in [-0.05, 0) is 83.9 Å². The number of ether oxygens (including phenoxy) is 1. The van der Waals surface area contributed by atoms with Gasteiger partial charge >= 0.3 is 6.09 Å². The van der Waals surface area contributed by atoms with Crippen LogP contribution in [0.5, 0.6) is 5.75 Å². The number of carbonyl (C=O) groups is 3. The summed E-state index contributed by atoms with van der Waals surface area (Å²) in [5.74, 6) is -0.205. The third-order valence-electron chi connectivity index (χ3n) is 6.66. The second kappa shape index (κ2) is 13.7. The van der Waals surface area contributed by atoms with Crippen molar-refractivity contribution in [1.29, 1.82) is 0 Å². The van der Waals surface area contributed by atoms with Crippen LogP contribution in [0.4, 0.5) is 4.79 Å². The number of hydrogen-bond acceptors (Lipinski definition) is 5. The van der Waals surface area contributed by atoms with Crippen LogP contribution in [0.1, 0.15) is 105 Å². The fourth-order valence-electron chi connectivity index (χ4n) is 4.74. The van der Waals surface area contributed by atoms with Gasteiger partial charge in [-0.1, -0.05) is 45.2 Å². The third kappa shape index (κ3) is 9.90. The highest BCUT2D eigenvalue weighted by Crippen LogP contribution is 2.30. The molecule has 0 heterocycles. The largest absolute Gasteiger partial charge is 0.508 e. The number of hydrogen-bond donors (Lipinski definition) is 3. The van der Waals surface area contributed by atoms with Gasteiger partial charge < -0.3 is 25.4 Å². The van der Waals surface area contributed by atoms with Crippen LogP contribution in [0.2, 0.25) is 0 Å². The molecule has 1 saturated carbocycles. The van der Waals surface area contributed by atoms with Crippen molar-refractivity contribution in [2.24, 2.45) is 5.92 Å². The summed E-state index contributed by atoms with van der Waals surface area (Å²) in [7, 11) is 0. The lowest BCUT2D eigenvalue weighted by atomic mass is 9.93. The Morgan fingerprint density at radius 2 is 1.70 bits per heavy atom. The number of phenolic OH excluding ortho intramolecular Hbond substituents is 1. The molecule has 0 bridgehead atoms. The average Bonchev–Trinajstić information content (AvgIpc) is 2.79. The van der Waals surface area contributed by atoms with Gasteiger partial charge in [-0.15, -0.1) is 0 Å². The van der Waals surface area contributed by atoms with Crippen molar-refractivity contribution in [3.8, 4) is 5.75 Å². The molecule has 8 nitrogen and oxygen atoms in total. The molecule has 0 radical (unpaired) electrons. The fourth-order valence-corrected chi connectivity index (χ4v) is 4.74. The molecule has 1 aromatic rings. The Balaban J connectivity index is 2.43. The van der Waals surface area contributed by atoms with Gasteiger partial charge in [-0.25, -0.2) is 4.79 Å². The quantitative estimate of drug-likeness (QED) is 0.383. The van der Waals surface area contributed by atoms with Gasteiger partial charge in [0.25, 0.3) is 0 Å². The number of nitrogens with zero attached hydrogens (tertiary/aromatic N) is 1. The van der Waals surface area contributed by atoms with Crippen molar-refractivity contribution >= 4 is 17.9 Å². The molecule has 3 atom stereocenters. The highest BCUT2D eigenvalue weighted by atomic mass is 16.6. The second-order valence-electron chi connectivity index (χ2n) is 11.8. The lowest BCUT2D eigenvalue weighted by molar-refractivity contribution is -0.145. The van der Waals surface area contributed by atoms with Crippen LogP contribution in [-0.2, 0) is 14.3 Å². The van der Waals surface area contributed by atoms with Crippen LogP contribution in [0.3, 0.4) is 0 Å². The monoisotopic (exact) mass is 517 g/mol. The average molecular weight is 518 g/mol. The summed E-state index contributed by atoms with van der Waals surface area (Å²) >= 11 is 0. The summed E-state index contributed by atoms with van der Waals surface area (Å²) < 4.78 is 5.35. The zero-order chi connectivity index (χ0) is 27.8. The van der Waals surface area contributed by atoms with Crippen molar-refractivity contribution in [1.82, 2.24) is 15.5 Å². The molecule has 3 amide bonds. The fraction of sp³-hybridized carbons (Fsp3) is 0.690. The minimum Gasteiger partial charge on any atom is -0.508 e. The Hall–Kier alpha value is -2.77. The van der Waals surface area contributed by atoms with Crippen molar-refractivity contribution in [3.05, 3.63) is 29.8 Å². The molecule has 208 valence electrons. The van der Waals surface area contributed by atoms with E-state index in [1.807, 2.05) is 6.92 Å². The summed E-state index contributed by atoms with van der Waals surface area (Å²) in [4.78, 5) is 41.8. The maximum absolute atomic E-state index is 13.9. The number of phenols is 1. The van der Waals surface area contributed by atoms with E-state index < -0.39 is 23.8 Å². The van der Waals surface area contributed by atoms with Gasteiger partial charge in [0.15, 0.2) is 0 Å². The molecule has 1 aliphatic rings. The molecule has 2 rings (SSSR count). The molecule has 37 heavy (non-hydrogen) atoms. The summed E-state index contributed by atoms with van der Waals surface area (Å²) in [6, 6.07) is 4.41. The number of aromatic hydroxyl groups is 1. The molecular formula is C29H47N3O5. The van der Waals surface area contributed by atoms with E-state index in [-0.39, 0.29) is 29.6 Å². The van der Waals surface area contributed by atoms with Gasteiger partial charge in [0.05, 0.1) is 0 Å². The lowest BCUT2D eigenvalue weighted by Crippen LogP contribution is -2.55. The molecule has 0 saturated heterocycles. The Labute approximate surface area is 222 Å². The van der Waals surface area contributed by atoms with Crippen LogP contribution in [0, 0.1) is 5.92 Å². The smallest absolute Gasteiger partial charge is 0.408 e. The van der Waals surface area contributed by atoms with Gasteiger partial charge in [0.1, 0.15) is 23.4 Å². The first kappa shape index (κ1) is 30.5. The van der Waals surface area contributed by atoms with E-state index in [0.29, 0.717) is 17.9 Å². The molecule has 1 aromatic carbocycles. The third-order valence-corrected chi connectivity index (χ3v) is 6.66. The number of amides is 3. The topological polar surface area (TPSA) is 108 Å². The van der Waals surface area contributed by atoms with Crippen molar-refractivity contribution < 1.29 is 24.2 Å². The molecule has 3 N–H and O–H groups in total. The lowest BCUT2D eigenvalue weighted by Gasteiger charge is -2.39. The first-order valence-corrected chi connectivity index (χ1v) is 13.7. The van der Waals surface area contributed by atoms with Gasteiger partial charge in [0, 0.05) is 12.1 Å². The Morgan fingerprint density at radius 1 is 1.05 bits per heavy atom. The van der Waals surface area contributed by atoms with E-state index in [9.17, 15) is 19.5 Å². The normalized spacial score (nSPS) is 17.0. The first-order valence-electron chi connectivity index (χ1n) is 13.7. The summed E-state index contributed by atoms with van der Waals surface area (Å²) in [6.45, 7) is 13.0. The minimum absolute atomic E-state index is 0.0233.